The smallest absolute Gasteiger partial charge is 0.340 e. The van der Waals surface area contributed by atoms with Gasteiger partial charge in [-0.25, -0.2) is 4.79 Å². The number of carbonyl (C=O) groups is 1. The molecule has 7 heteroatoms. The largest absolute Gasteiger partial charge is 0.497 e. The predicted molar refractivity (Wildman–Crippen MR) is 103 cm³/mol. The average molecular weight is 364 g/mol. The molecule has 0 amide bonds. The van der Waals surface area contributed by atoms with Crippen LogP contribution in [0.1, 0.15) is 27.7 Å². The highest BCUT2D eigenvalue weighted by atomic mass is 32.1. The molecule has 1 aromatic carbocycles. The SMILES string of the molecule is CCc1cc(C(=O)OC)c(NC(=S)Nc2ccc(OC)cc2C)s1. The number of ether oxygens (including phenoxy) is 2. The van der Waals surface area contributed by atoms with Crippen molar-refractivity contribution in [3.05, 3.63) is 40.3 Å². The molecule has 0 radical (unpaired) electrons. The summed E-state index contributed by atoms with van der Waals surface area (Å²) in [5.74, 6) is 0.410. The summed E-state index contributed by atoms with van der Waals surface area (Å²) < 4.78 is 10.0. The van der Waals surface area contributed by atoms with E-state index in [0.717, 1.165) is 28.3 Å². The van der Waals surface area contributed by atoms with Gasteiger partial charge < -0.3 is 20.1 Å². The Bertz CT molecular complexity index is 756. The van der Waals surface area contributed by atoms with E-state index in [4.69, 9.17) is 21.7 Å². The van der Waals surface area contributed by atoms with E-state index in [-0.39, 0.29) is 5.97 Å². The Balaban J connectivity index is 2.15. The van der Waals surface area contributed by atoms with Gasteiger partial charge in [0, 0.05) is 10.6 Å². The van der Waals surface area contributed by atoms with E-state index in [2.05, 4.69) is 10.6 Å². The number of carbonyl (C=O) groups excluding carboxylic acids is 1. The number of methoxy groups -OCH3 is 2. The molecule has 5 nitrogen and oxygen atoms in total. The lowest BCUT2D eigenvalue weighted by atomic mass is 10.2. The molecule has 0 saturated carbocycles. The molecule has 0 fully saturated rings. The second-order valence-electron chi connectivity index (χ2n) is 5.06. The Morgan fingerprint density at radius 3 is 2.58 bits per heavy atom. The molecule has 0 atom stereocenters. The van der Waals surface area contributed by atoms with E-state index in [9.17, 15) is 4.79 Å². The molecule has 0 bridgehead atoms. The summed E-state index contributed by atoms with van der Waals surface area (Å²) in [5.41, 5.74) is 2.38. The van der Waals surface area contributed by atoms with Gasteiger partial charge in [0.25, 0.3) is 0 Å². The van der Waals surface area contributed by atoms with Crippen LogP contribution in [0, 0.1) is 6.92 Å². The zero-order valence-corrected chi connectivity index (χ0v) is 15.7. The number of aryl methyl sites for hydroxylation is 2. The van der Waals surface area contributed by atoms with Crippen LogP contribution in [-0.2, 0) is 11.2 Å². The third-order valence-electron chi connectivity index (χ3n) is 3.45. The molecule has 0 aliphatic rings. The topological polar surface area (TPSA) is 59.6 Å². The monoisotopic (exact) mass is 364 g/mol. The zero-order chi connectivity index (χ0) is 17.7. The number of thiocarbonyl (C=S) groups is 1. The van der Waals surface area contributed by atoms with Crippen molar-refractivity contribution in [3.8, 4) is 5.75 Å². The van der Waals surface area contributed by atoms with Gasteiger partial charge >= 0.3 is 5.97 Å². The minimum absolute atomic E-state index is 0.378. The molecule has 1 heterocycles. The lowest BCUT2D eigenvalue weighted by Gasteiger charge is -2.13. The maximum Gasteiger partial charge on any atom is 0.340 e. The fourth-order valence-corrected chi connectivity index (χ4v) is 3.40. The Morgan fingerprint density at radius 2 is 2.00 bits per heavy atom. The second kappa shape index (κ2) is 8.12. The molecule has 0 aliphatic heterocycles. The van der Waals surface area contributed by atoms with Crippen LogP contribution in [-0.4, -0.2) is 25.3 Å². The number of anilines is 2. The van der Waals surface area contributed by atoms with Crippen molar-refractivity contribution in [2.45, 2.75) is 20.3 Å². The lowest BCUT2D eigenvalue weighted by Crippen LogP contribution is -2.20. The number of benzene rings is 1. The van der Waals surface area contributed by atoms with E-state index < -0.39 is 0 Å². The number of thiophene rings is 1. The second-order valence-corrected chi connectivity index (χ2v) is 6.61. The summed E-state index contributed by atoms with van der Waals surface area (Å²) >= 11 is 6.86. The van der Waals surface area contributed by atoms with Gasteiger partial charge in [-0.15, -0.1) is 11.3 Å². The van der Waals surface area contributed by atoms with Gasteiger partial charge in [-0.2, -0.15) is 0 Å². The molecule has 0 spiro atoms. The van der Waals surface area contributed by atoms with Gasteiger partial charge in [0.2, 0.25) is 0 Å². The molecule has 128 valence electrons. The first-order valence-electron chi connectivity index (χ1n) is 7.42. The quantitative estimate of drug-likeness (QED) is 0.612. The third kappa shape index (κ3) is 4.24. The average Bonchev–Trinajstić information content (AvgIpc) is 2.98. The molecule has 24 heavy (non-hydrogen) atoms. The summed E-state index contributed by atoms with van der Waals surface area (Å²) in [4.78, 5) is 13.0. The van der Waals surface area contributed by atoms with Crippen LogP contribution < -0.4 is 15.4 Å². The van der Waals surface area contributed by atoms with E-state index in [1.54, 1.807) is 7.11 Å². The van der Waals surface area contributed by atoms with Crippen molar-refractivity contribution in [2.24, 2.45) is 0 Å². The number of hydrogen-bond donors (Lipinski definition) is 2. The van der Waals surface area contributed by atoms with Crippen LogP contribution in [0.15, 0.2) is 24.3 Å². The Morgan fingerprint density at radius 1 is 1.25 bits per heavy atom. The summed E-state index contributed by atoms with van der Waals surface area (Å²) in [6.45, 7) is 4.00. The fourth-order valence-electron chi connectivity index (χ4n) is 2.13. The number of esters is 1. The van der Waals surface area contributed by atoms with Gasteiger partial charge in [0.15, 0.2) is 5.11 Å². The van der Waals surface area contributed by atoms with Crippen molar-refractivity contribution in [3.63, 3.8) is 0 Å². The minimum Gasteiger partial charge on any atom is -0.497 e. The van der Waals surface area contributed by atoms with Gasteiger partial charge in [0.05, 0.1) is 19.8 Å². The highest BCUT2D eigenvalue weighted by Gasteiger charge is 2.17. The number of nitrogens with one attached hydrogen (secondary N) is 2. The van der Waals surface area contributed by atoms with Crippen LogP contribution in [0.4, 0.5) is 10.7 Å². The molecule has 2 N–H and O–H groups in total. The van der Waals surface area contributed by atoms with Crippen molar-refractivity contribution in [2.75, 3.05) is 24.9 Å². The summed E-state index contributed by atoms with van der Waals surface area (Å²) in [7, 11) is 3.00. The normalized spacial score (nSPS) is 10.2. The van der Waals surface area contributed by atoms with Crippen LogP contribution in [0.3, 0.4) is 0 Å². The van der Waals surface area contributed by atoms with E-state index >= 15 is 0 Å². The van der Waals surface area contributed by atoms with E-state index in [1.807, 2.05) is 38.1 Å². The van der Waals surface area contributed by atoms with Gasteiger partial charge in [0.1, 0.15) is 10.8 Å². The Labute approximate surface area is 151 Å². The fraction of sp³-hybridized carbons (Fsp3) is 0.294. The predicted octanol–water partition coefficient (Wildman–Crippen LogP) is 4.22. The molecule has 0 saturated heterocycles. The van der Waals surface area contributed by atoms with Crippen molar-refractivity contribution in [1.82, 2.24) is 0 Å². The number of rotatable bonds is 5. The van der Waals surface area contributed by atoms with Crippen LogP contribution >= 0.6 is 23.6 Å². The van der Waals surface area contributed by atoms with E-state index in [0.29, 0.717) is 15.7 Å². The summed E-state index contributed by atoms with van der Waals surface area (Å²) in [5, 5.41) is 7.33. The lowest BCUT2D eigenvalue weighted by molar-refractivity contribution is 0.0602. The third-order valence-corrected chi connectivity index (χ3v) is 4.84. The maximum atomic E-state index is 11.9. The van der Waals surface area contributed by atoms with Gasteiger partial charge in [-0.05, 0) is 55.4 Å². The molecule has 1 aromatic heterocycles. The van der Waals surface area contributed by atoms with Crippen LogP contribution in [0.5, 0.6) is 5.75 Å². The molecular weight excluding hydrogens is 344 g/mol. The van der Waals surface area contributed by atoms with Crippen molar-refractivity contribution in [1.29, 1.82) is 0 Å². The Kier molecular flexibility index (Phi) is 6.16. The van der Waals surface area contributed by atoms with Crippen LogP contribution in [0.25, 0.3) is 0 Å². The Hall–Kier alpha value is -2.12. The summed E-state index contributed by atoms with van der Waals surface area (Å²) in [6.07, 6.45) is 0.841. The van der Waals surface area contributed by atoms with E-state index in [1.165, 1.54) is 18.4 Å². The van der Waals surface area contributed by atoms with Gasteiger partial charge in [-0.1, -0.05) is 6.92 Å². The standard InChI is InChI=1S/C17H20N2O3S2/c1-5-12-9-13(16(20)22-4)15(24-12)19-17(23)18-14-7-6-11(21-3)8-10(14)2/h6-9H,5H2,1-4H3,(H2,18,19,23). The highest BCUT2D eigenvalue weighted by Crippen LogP contribution is 2.29. The zero-order valence-electron chi connectivity index (χ0n) is 14.1. The molecule has 0 aliphatic carbocycles. The molecule has 2 rings (SSSR count). The highest BCUT2D eigenvalue weighted by molar-refractivity contribution is 7.80. The van der Waals surface area contributed by atoms with Crippen LogP contribution in [0.2, 0.25) is 0 Å². The number of hydrogen-bond acceptors (Lipinski definition) is 5. The molecular formula is C17H20N2O3S2. The van der Waals surface area contributed by atoms with Gasteiger partial charge in [-0.3, -0.25) is 0 Å². The summed E-state index contributed by atoms with van der Waals surface area (Å²) in [6, 6.07) is 7.51. The first-order valence-corrected chi connectivity index (χ1v) is 8.64. The van der Waals surface area contributed by atoms with Crippen molar-refractivity contribution >= 4 is 45.3 Å². The maximum absolute atomic E-state index is 11.9. The molecule has 2 aromatic rings. The minimum atomic E-state index is -0.378. The van der Waals surface area contributed by atoms with Crippen molar-refractivity contribution < 1.29 is 14.3 Å². The molecule has 0 unspecified atom stereocenters. The first kappa shape index (κ1) is 18.2. The first-order chi connectivity index (χ1) is 11.5.